The molecule has 4 aromatic rings. The van der Waals surface area contributed by atoms with Gasteiger partial charge in [0.2, 0.25) is 5.91 Å². The lowest BCUT2D eigenvalue weighted by Crippen LogP contribution is -2.38. The summed E-state index contributed by atoms with van der Waals surface area (Å²) in [5.41, 5.74) is 1.61. The zero-order valence-electron chi connectivity index (χ0n) is 22.6. The molecule has 0 aliphatic carbocycles. The predicted octanol–water partition coefficient (Wildman–Crippen LogP) is 6.06. The molecule has 2 amide bonds. The Kier molecular flexibility index (Phi) is 9.65. The Morgan fingerprint density at radius 3 is 2.22 bits per heavy atom. The molecule has 4 aromatic carbocycles. The van der Waals surface area contributed by atoms with Gasteiger partial charge in [0.1, 0.15) is 12.3 Å². The number of halogens is 1. The van der Waals surface area contributed by atoms with Gasteiger partial charge < -0.3 is 15.4 Å². The summed E-state index contributed by atoms with van der Waals surface area (Å²) in [5.74, 6) is -0.732. The number of carbonyl (C=O) groups is 2. The minimum absolute atomic E-state index is 0.0457. The van der Waals surface area contributed by atoms with Crippen molar-refractivity contribution in [3.05, 3.63) is 119 Å². The molecule has 0 aliphatic rings. The van der Waals surface area contributed by atoms with E-state index in [1.54, 1.807) is 55.5 Å². The number of amides is 2. The van der Waals surface area contributed by atoms with Crippen molar-refractivity contribution < 1.29 is 22.7 Å². The Labute approximate surface area is 245 Å². The summed E-state index contributed by atoms with van der Waals surface area (Å²) < 4.78 is 34.3. The molecule has 0 bridgehead atoms. The van der Waals surface area contributed by atoms with Gasteiger partial charge in [0.15, 0.2) is 0 Å². The van der Waals surface area contributed by atoms with Gasteiger partial charge in [-0.1, -0.05) is 66.2 Å². The molecule has 41 heavy (non-hydrogen) atoms. The Hall–Kier alpha value is -4.34. The number of rotatable bonds is 11. The second kappa shape index (κ2) is 13.3. The van der Waals surface area contributed by atoms with Crippen molar-refractivity contribution in [2.45, 2.75) is 24.8 Å². The maximum absolute atomic E-state index is 13.8. The molecular formula is C31H30ClN3O5S. The van der Waals surface area contributed by atoms with E-state index in [-0.39, 0.29) is 33.8 Å². The maximum atomic E-state index is 13.8. The molecule has 0 spiro atoms. The third-order valence-corrected chi connectivity index (χ3v) is 8.24. The van der Waals surface area contributed by atoms with E-state index in [1.165, 1.54) is 24.3 Å². The van der Waals surface area contributed by atoms with E-state index in [1.807, 2.05) is 37.3 Å². The quantitative estimate of drug-likeness (QED) is 0.220. The lowest BCUT2D eigenvalue weighted by Gasteiger charge is -2.26. The summed E-state index contributed by atoms with van der Waals surface area (Å²) >= 11 is 5.98. The van der Waals surface area contributed by atoms with Gasteiger partial charge in [0, 0.05) is 5.02 Å². The van der Waals surface area contributed by atoms with Crippen LogP contribution in [0.4, 0.5) is 11.4 Å². The molecule has 2 N–H and O–H groups in total. The first-order chi connectivity index (χ1) is 19.7. The molecular weight excluding hydrogens is 562 g/mol. The largest absolute Gasteiger partial charge is 0.492 e. The van der Waals surface area contributed by atoms with Gasteiger partial charge in [-0.15, -0.1) is 0 Å². The summed E-state index contributed by atoms with van der Waals surface area (Å²) in [6.07, 6.45) is 0. The zero-order chi connectivity index (χ0) is 29.4. The van der Waals surface area contributed by atoms with Gasteiger partial charge in [-0.05, 0) is 67.9 Å². The molecule has 0 saturated carbocycles. The summed E-state index contributed by atoms with van der Waals surface area (Å²) in [4.78, 5) is 26.5. The Morgan fingerprint density at radius 1 is 0.878 bits per heavy atom. The lowest BCUT2D eigenvalue weighted by molar-refractivity contribution is -0.114. The van der Waals surface area contributed by atoms with E-state index in [0.717, 1.165) is 9.87 Å². The van der Waals surface area contributed by atoms with E-state index in [4.69, 9.17) is 16.3 Å². The van der Waals surface area contributed by atoms with Crippen LogP contribution in [-0.2, 0) is 14.8 Å². The van der Waals surface area contributed by atoms with Crippen LogP contribution in [0.2, 0.25) is 5.02 Å². The third kappa shape index (κ3) is 7.25. The van der Waals surface area contributed by atoms with Crippen LogP contribution >= 0.6 is 11.6 Å². The number of benzene rings is 4. The van der Waals surface area contributed by atoms with Crippen molar-refractivity contribution in [3.63, 3.8) is 0 Å². The summed E-state index contributed by atoms with van der Waals surface area (Å²) in [6.45, 7) is 3.36. The molecule has 0 radical (unpaired) electrons. The number of anilines is 2. The van der Waals surface area contributed by atoms with Crippen LogP contribution in [0.1, 0.15) is 35.8 Å². The van der Waals surface area contributed by atoms with Gasteiger partial charge in [0.05, 0.1) is 34.5 Å². The molecule has 1 atom stereocenters. The Morgan fingerprint density at radius 2 is 1.51 bits per heavy atom. The number of nitrogens with one attached hydrogen (secondary N) is 2. The molecule has 0 unspecified atom stereocenters. The molecule has 8 nitrogen and oxygen atoms in total. The van der Waals surface area contributed by atoms with Gasteiger partial charge in [0.25, 0.3) is 15.9 Å². The first kappa shape index (κ1) is 29.6. The normalized spacial score (nSPS) is 11.8. The first-order valence-electron chi connectivity index (χ1n) is 13.0. The fraction of sp³-hybridized carbons (Fsp3) is 0.161. The highest BCUT2D eigenvalue weighted by Crippen LogP contribution is 2.33. The van der Waals surface area contributed by atoms with Crippen LogP contribution in [0.15, 0.2) is 108 Å². The van der Waals surface area contributed by atoms with Gasteiger partial charge in [-0.25, -0.2) is 8.42 Å². The number of carbonyl (C=O) groups excluding carboxylic acids is 2. The maximum Gasteiger partial charge on any atom is 0.264 e. The molecule has 4 rings (SSSR count). The lowest BCUT2D eigenvalue weighted by atomic mass is 10.1. The number of hydrogen-bond donors (Lipinski definition) is 2. The molecule has 0 saturated heterocycles. The molecule has 212 valence electrons. The van der Waals surface area contributed by atoms with Crippen molar-refractivity contribution in [1.29, 1.82) is 0 Å². The SMILES string of the molecule is CCOc1ccccc1N(CC(=O)Nc1ccccc1C(=O)N[C@@H](C)c1ccccc1)S(=O)(=O)c1ccc(Cl)cc1. The van der Waals surface area contributed by atoms with Crippen molar-refractivity contribution in [3.8, 4) is 5.75 Å². The predicted molar refractivity (Wildman–Crippen MR) is 161 cm³/mol. The average Bonchev–Trinajstić information content (AvgIpc) is 2.97. The van der Waals surface area contributed by atoms with Crippen molar-refractivity contribution >= 4 is 44.8 Å². The molecule has 10 heteroatoms. The number of ether oxygens (including phenoxy) is 1. The fourth-order valence-corrected chi connectivity index (χ4v) is 5.74. The standard InChI is InChI=1S/C31H30ClN3O5S/c1-3-40-29-16-10-9-15-28(29)35(41(38,39)25-19-17-24(32)18-20-25)21-30(36)34-27-14-8-7-13-26(27)31(37)33-22(2)23-11-5-4-6-12-23/h4-20,22H,3,21H2,1-2H3,(H,33,37)(H,34,36)/t22-/m0/s1. The molecule has 0 aromatic heterocycles. The van der Waals surface area contributed by atoms with Gasteiger partial charge in [-0.2, -0.15) is 0 Å². The summed E-state index contributed by atoms with van der Waals surface area (Å²) in [5, 5.41) is 6.04. The van der Waals surface area contributed by atoms with Crippen LogP contribution in [0.25, 0.3) is 0 Å². The number of para-hydroxylation sites is 3. The van der Waals surface area contributed by atoms with Crippen LogP contribution in [0.5, 0.6) is 5.75 Å². The second-order valence-electron chi connectivity index (χ2n) is 9.07. The van der Waals surface area contributed by atoms with E-state index in [9.17, 15) is 18.0 Å². The first-order valence-corrected chi connectivity index (χ1v) is 14.8. The zero-order valence-corrected chi connectivity index (χ0v) is 24.2. The minimum Gasteiger partial charge on any atom is -0.492 e. The minimum atomic E-state index is -4.22. The third-order valence-electron chi connectivity index (χ3n) is 6.22. The monoisotopic (exact) mass is 591 g/mol. The highest BCUT2D eigenvalue weighted by molar-refractivity contribution is 7.92. The molecule has 0 fully saturated rings. The van der Waals surface area contributed by atoms with Crippen molar-refractivity contribution in [1.82, 2.24) is 5.32 Å². The van der Waals surface area contributed by atoms with Crippen LogP contribution < -0.4 is 19.7 Å². The topological polar surface area (TPSA) is 105 Å². The Bertz CT molecular complexity index is 1610. The van der Waals surface area contributed by atoms with E-state index in [2.05, 4.69) is 10.6 Å². The van der Waals surface area contributed by atoms with Crippen molar-refractivity contribution in [2.24, 2.45) is 0 Å². The van der Waals surface area contributed by atoms with Crippen LogP contribution in [0.3, 0.4) is 0 Å². The second-order valence-corrected chi connectivity index (χ2v) is 11.4. The number of hydrogen-bond acceptors (Lipinski definition) is 5. The summed E-state index contributed by atoms with van der Waals surface area (Å²) in [6, 6.07) is 28.0. The van der Waals surface area contributed by atoms with Crippen LogP contribution in [0, 0.1) is 0 Å². The highest BCUT2D eigenvalue weighted by Gasteiger charge is 2.30. The average molecular weight is 592 g/mol. The van der Waals surface area contributed by atoms with E-state index >= 15 is 0 Å². The smallest absolute Gasteiger partial charge is 0.264 e. The van der Waals surface area contributed by atoms with Gasteiger partial charge >= 0.3 is 0 Å². The number of nitrogens with zero attached hydrogens (tertiary/aromatic N) is 1. The number of sulfonamides is 1. The highest BCUT2D eigenvalue weighted by atomic mass is 35.5. The molecule has 0 aliphatic heterocycles. The molecule has 0 heterocycles. The fourth-order valence-electron chi connectivity index (χ4n) is 4.18. The van der Waals surface area contributed by atoms with Gasteiger partial charge in [-0.3, -0.25) is 13.9 Å². The van der Waals surface area contributed by atoms with Crippen LogP contribution in [-0.4, -0.2) is 33.4 Å². The Balaban J connectivity index is 1.62. The van der Waals surface area contributed by atoms with E-state index < -0.39 is 22.5 Å². The van der Waals surface area contributed by atoms with E-state index in [0.29, 0.717) is 17.4 Å². The summed E-state index contributed by atoms with van der Waals surface area (Å²) in [7, 11) is -4.22. The van der Waals surface area contributed by atoms with Crippen molar-refractivity contribution in [2.75, 3.05) is 22.8 Å².